The number of sulfonamides is 1. The van der Waals surface area contributed by atoms with Crippen molar-refractivity contribution in [3.8, 4) is 11.3 Å². The molecule has 1 aliphatic rings. The Balaban J connectivity index is 1.34. The highest BCUT2D eigenvalue weighted by molar-refractivity contribution is 7.92. The number of rotatable bonds is 6. The molecule has 0 aliphatic carbocycles. The van der Waals surface area contributed by atoms with Crippen molar-refractivity contribution in [1.29, 1.82) is 0 Å². The van der Waals surface area contributed by atoms with Gasteiger partial charge in [0.1, 0.15) is 11.6 Å². The Kier molecular flexibility index (Phi) is 6.96. The van der Waals surface area contributed by atoms with E-state index < -0.39 is 21.7 Å². The Labute approximate surface area is 194 Å². The Morgan fingerprint density at radius 1 is 1.12 bits per heavy atom. The number of nitrogens with zero attached hydrogens (tertiary/aromatic N) is 2. The van der Waals surface area contributed by atoms with Crippen LogP contribution >= 0.6 is 11.3 Å². The molecule has 0 bridgehead atoms. The SMILES string of the molecule is O=C(Nc1nc(-c2cc(F)ccc2F)cs1)C1CCN(S(=O)(=O)/C=C/c2ccccc2)CC1. The smallest absolute Gasteiger partial charge is 0.236 e. The Morgan fingerprint density at radius 3 is 2.58 bits per heavy atom. The summed E-state index contributed by atoms with van der Waals surface area (Å²) in [4.78, 5) is 16.8. The molecule has 0 unspecified atom stereocenters. The van der Waals surface area contributed by atoms with Gasteiger partial charge < -0.3 is 5.32 Å². The Hall–Kier alpha value is -2.95. The molecule has 3 aromatic rings. The minimum Gasteiger partial charge on any atom is -0.302 e. The maximum atomic E-state index is 14.0. The zero-order valence-electron chi connectivity index (χ0n) is 17.4. The van der Waals surface area contributed by atoms with Crippen molar-refractivity contribution >= 4 is 38.5 Å². The summed E-state index contributed by atoms with van der Waals surface area (Å²) in [7, 11) is -3.58. The molecule has 0 spiro atoms. The van der Waals surface area contributed by atoms with Gasteiger partial charge in [0, 0.05) is 35.4 Å². The quantitative estimate of drug-likeness (QED) is 0.543. The van der Waals surface area contributed by atoms with Crippen LogP contribution in [0.25, 0.3) is 17.3 Å². The standard InChI is InChI=1S/C23H21F2N3O3S2/c24-18-6-7-20(25)19(14-18)21-15-32-23(26-21)27-22(29)17-8-11-28(12-9-17)33(30,31)13-10-16-4-2-1-3-5-16/h1-7,10,13-15,17H,8-9,11-12H2,(H,26,27,29)/b13-10+. The highest BCUT2D eigenvalue weighted by Crippen LogP contribution is 2.29. The predicted molar refractivity (Wildman–Crippen MR) is 125 cm³/mol. The third kappa shape index (κ3) is 5.70. The molecule has 1 aromatic heterocycles. The number of nitrogens with one attached hydrogen (secondary N) is 1. The van der Waals surface area contributed by atoms with Gasteiger partial charge in [-0.25, -0.2) is 22.2 Å². The second-order valence-electron chi connectivity index (χ2n) is 7.58. The van der Waals surface area contributed by atoms with E-state index in [1.54, 1.807) is 11.5 Å². The molecule has 2 aromatic carbocycles. The zero-order chi connectivity index (χ0) is 23.4. The third-order valence-electron chi connectivity index (χ3n) is 5.36. The normalized spacial score (nSPS) is 15.7. The molecule has 0 atom stereocenters. The number of thiazole rings is 1. The maximum absolute atomic E-state index is 14.0. The summed E-state index contributed by atoms with van der Waals surface area (Å²) in [6.45, 7) is 0.467. The summed E-state index contributed by atoms with van der Waals surface area (Å²) in [5.41, 5.74) is 1.04. The average molecular weight is 490 g/mol. The van der Waals surface area contributed by atoms with Crippen LogP contribution in [0.15, 0.2) is 59.3 Å². The first-order valence-electron chi connectivity index (χ1n) is 10.3. The number of benzene rings is 2. The van der Waals surface area contributed by atoms with Crippen molar-refractivity contribution in [3.05, 3.63) is 76.5 Å². The molecule has 1 fully saturated rings. The molecule has 6 nitrogen and oxygen atoms in total. The highest BCUT2D eigenvalue weighted by atomic mass is 32.2. The molecule has 10 heteroatoms. The average Bonchev–Trinajstić information content (AvgIpc) is 3.28. The van der Waals surface area contributed by atoms with Crippen LogP contribution in [0.1, 0.15) is 18.4 Å². The minimum absolute atomic E-state index is 0.0221. The molecular formula is C23H21F2N3O3S2. The van der Waals surface area contributed by atoms with Crippen molar-refractivity contribution in [3.63, 3.8) is 0 Å². The van der Waals surface area contributed by atoms with Gasteiger partial charge in [0.2, 0.25) is 15.9 Å². The Morgan fingerprint density at radius 2 is 1.85 bits per heavy atom. The number of aromatic nitrogens is 1. The molecule has 1 amide bonds. The largest absolute Gasteiger partial charge is 0.302 e. The van der Waals surface area contributed by atoms with Crippen LogP contribution in [0.5, 0.6) is 0 Å². The summed E-state index contributed by atoms with van der Waals surface area (Å²) >= 11 is 1.11. The number of amides is 1. The second-order valence-corrected chi connectivity index (χ2v) is 10.3. The lowest BCUT2D eigenvalue weighted by atomic mass is 9.97. The molecule has 1 saturated heterocycles. The lowest BCUT2D eigenvalue weighted by Crippen LogP contribution is -2.40. The summed E-state index contributed by atoms with van der Waals surface area (Å²) in [5.74, 6) is -1.82. The second kappa shape index (κ2) is 9.90. The van der Waals surface area contributed by atoms with Crippen molar-refractivity contribution in [2.75, 3.05) is 18.4 Å². The van der Waals surface area contributed by atoms with E-state index >= 15 is 0 Å². The van der Waals surface area contributed by atoms with Crippen LogP contribution < -0.4 is 5.32 Å². The Bertz CT molecular complexity index is 1270. The van der Waals surface area contributed by atoms with Crippen LogP contribution in [-0.4, -0.2) is 36.7 Å². The van der Waals surface area contributed by atoms with E-state index in [0.717, 1.165) is 35.1 Å². The number of hydrogen-bond acceptors (Lipinski definition) is 5. The first-order chi connectivity index (χ1) is 15.8. The van der Waals surface area contributed by atoms with Gasteiger partial charge in [0.15, 0.2) is 5.13 Å². The van der Waals surface area contributed by atoms with Crippen molar-refractivity contribution in [2.24, 2.45) is 5.92 Å². The monoisotopic (exact) mass is 489 g/mol. The van der Waals surface area contributed by atoms with Crippen LogP contribution in [0.2, 0.25) is 0 Å². The fraction of sp³-hybridized carbons (Fsp3) is 0.217. The first kappa shape index (κ1) is 23.2. The van der Waals surface area contributed by atoms with E-state index in [4.69, 9.17) is 0 Å². The highest BCUT2D eigenvalue weighted by Gasteiger charge is 2.30. The number of halogens is 2. The summed E-state index contributed by atoms with van der Waals surface area (Å²) in [6.07, 6.45) is 2.30. The van der Waals surface area contributed by atoms with Gasteiger partial charge in [-0.3, -0.25) is 4.79 Å². The molecule has 0 radical (unpaired) electrons. The van der Waals surface area contributed by atoms with Crippen molar-refractivity contribution in [1.82, 2.24) is 9.29 Å². The van der Waals surface area contributed by atoms with Gasteiger partial charge in [-0.15, -0.1) is 11.3 Å². The van der Waals surface area contributed by atoms with Gasteiger partial charge in [0.05, 0.1) is 5.69 Å². The van der Waals surface area contributed by atoms with E-state index in [1.165, 1.54) is 9.71 Å². The van der Waals surface area contributed by atoms with Crippen LogP contribution in [0, 0.1) is 17.6 Å². The molecular weight excluding hydrogens is 468 g/mol. The summed E-state index contributed by atoms with van der Waals surface area (Å²) < 4.78 is 53.9. The van der Waals surface area contributed by atoms with Crippen LogP contribution in [0.3, 0.4) is 0 Å². The molecule has 172 valence electrons. The van der Waals surface area contributed by atoms with Gasteiger partial charge in [0.25, 0.3) is 0 Å². The zero-order valence-corrected chi connectivity index (χ0v) is 19.1. The molecule has 4 rings (SSSR count). The number of piperidine rings is 1. The molecule has 2 heterocycles. The van der Waals surface area contributed by atoms with E-state index in [2.05, 4.69) is 10.3 Å². The third-order valence-corrected chi connectivity index (χ3v) is 7.68. The predicted octanol–water partition coefficient (Wildman–Crippen LogP) is 4.74. The number of carbonyl (C=O) groups is 1. The maximum Gasteiger partial charge on any atom is 0.236 e. The fourth-order valence-electron chi connectivity index (χ4n) is 3.54. The molecule has 0 saturated carbocycles. The lowest BCUT2D eigenvalue weighted by molar-refractivity contribution is -0.120. The molecule has 1 N–H and O–H groups in total. The van der Waals surface area contributed by atoms with Gasteiger partial charge in [-0.2, -0.15) is 4.31 Å². The van der Waals surface area contributed by atoms with E-state index in [-0.39, 0.29) is 41.3 Å². The first-order valence-corrected chi connectivity index (χ1v) is 12.7. The molecule has 1 aliphatic heterocycles. The number of anilines is 1. The topological polar surface area (TPSA) is 79.4 Å². The lowest BCUT2D eigenvalue weighted by Gasteiger charge is -2.29. The van der Waals surface area contributed by atoms with Gasteiger partial charge >= 0.3 is 0 Å². The minimum atomic E-state index is -3.58. The van der Waals surface area contributed by atoms with E-state index in [0.29, 0.717) is 12.8 Å². The van der Waals surface area contributed by atoms with E-state index in [9.17, 15) is 22.0 Å². The number of carbonyl (C=O) groups excluding carboxylic acids is 1. The molecule has 33 heavy (non-hydrogen) atoms. The van der Waals surface area contributed by atoms with Gasteiger partial charge in [-0.1, -0.05) is 30.3 Å². The van der Waals surface area contributed by atoms with Crippen molar-refractivity contribution in [2.45, 2.75) is 12.8 Å². The van der Waals surface area contributed by atoms with Crippen molar-refractivity contribution < 1.29 is 22.0 Å². The summed E-state index contributed by atoms with van der Waals surface area (Å²) in [6, 6.07) is 12.3. The van der Waals surface area contributed by atoms with E-state index in [1.807, 2.05) is 30.3 Å². The number of hydrogen-bond donors (Lipinski definition) is 1. The van der Waals surface area contributed by atoms with Crippen LogP contribution in [-0.2, 0) is 14.8 Å². The summed E-state index contributed by atoms with van der Waals surface area (Å²) in [5, 5.41) is 5.71. The van der Waals surface area contributed by atoms with Crippen LogP contribution in [0.4, 0.5) is 13.9 Å². The fourth-order valence-corrected chi connectivity index (χ4v) is 5.48. The van der Waals surface area contributed by atoms with Gasteiger partial charge in [-0.05, 0) is 42.7 Å².